The Hall–Kier alpha value is -2.31. The first-order valence-electron chi connectivity index (χ1n) is 7.49. The zero-order valence-electron chi connectivity index (χ0n) is 13.3. The quantitative estimate of drug-likeness (QED) is 0.920. The molecule has 1 heterocycles. The van der Waals surface area contributed by atoms with E-state index in [2.05, 4.69) is 10.1 Å². The van der Waals surface area contributed by atoms with Gasteiger partial charge in [-0.15, -0.1) is 0 Å². The Labute approximate surface area is 134 Å². The fourth-order valence-electron chi connectivity index (χ4n) is 2.60. The Morgan fingerprint density at radius 1 is 1.30 bits per heavy atom. The maximum Gasteiger partial charge on any atom is 0.409 e. The molecule has 7 heteroatoms. The molecule has 126 valence electrons. The zero-order valence-corrected chi connectivity index (χ0v) is 13.3. The first-order chi connectivity index (χ1) is 11.0. The van der Waals surface area contributed by atoms with Gasteiger partial charge in [-0.2, -0.15) is 0 Å². The minimum atomic E-state index is -0.563. The van der Waals surface area contributed by atoms with Crippen molar-refractivity contribution in [2.45, 2.75) is 12.8 Å². The lowest BCUT2D eigenvalue weighted by Crippen LogP contribution is -2.41. The highest BCUT2D eigenvalue weighted by Gasteiger charge is 2.23. The van der Waals surface area contributed by atoms with Gasteiger partial charge in [0.1, 0.15) is 0 Å². The second-order valence-electron chi connectivity index (χ2n) is 5.46. The van der Waals surface area contributed by atoms with Gasteiger partial charge in [-0.1, -0.05) is 0 Å². The third-order valence-electron chi connectivity index (χ3n) is 4.01. The SMILES string of the molecule is COC(=O)N1CCC(CNC(=O)c2ccc(OC)c(F)c2)CC1. The Bertz CT molecular complexity index is 571. The molecule has 1 aromatic carbocycles. The highest BCUT2D eigenvalue weighted by Crippen LogP contribution is 2.19. The smallest absolute Gasteiger partial charge is 0.409 e. The molecule has 0 aromatic heterocycles. The topological polar surface area (TPSA) is 67.9 Å². The summed E-state index contributed by atoms with van der Waals surface area (Å²) in [4.78, 5) is 25.1. The van der Waals surface area contributed by atoms with E-state index in [1.165, 1.54) is 26.4 Å². The molecule has 1 aromatic rings. The van der Waals surface area contributed by atoms with Crippen LogP contribution in [-0.4, -0.2) is 50.8 Å². The predicted octanol–water partition coefficient (Wildman–Crippen LogP) is 2.04. The van der Waals surface area contributed by atoms with Gasteiger partial charge in [0.25, 0.3) is 5.91 Å². The van der Waals surface area contributed by atoms with Gasteiger partial charge in [0.05, 0.1) is 14.2 Å². The van der Waals surface area contributed by atoms with Crippen LogP contribution in [0.2, 0.25) is 0 Å². The van der Waals surface area contributed by atoms with E-state index >= 15 is 0 Å². The second-order valence-corrected chi connectivity index (χ2v) is 5.46. The molecule has 0 bridgehead atoms. The van der Waals surface area contributed by atoms with Crippen molar-refractivity contribution in [1.82, 2.24) is 10.2 Å². The lowest BCUT2D eigenvalue weighted by atomic mass is 9.97. The van der Waals surface area contributed by atoms with Gasteiger partial charge in [0, 0.05) is 25.2 Å². The van der Waals surface area contributed by atoms with Gasteiger partial charge < -0.3 is 19.7 Å². The lowest BCUT2D eigenvalue weighted by Gasteiger charge is -2.30. The summed E-state index contributed by atoms with van der Waals surface area (Å²) in [7, 11) is 2.74. The van der Waals surface area contributed by atoms with Gasteiger partial charge in [-0.05, 0) is 37.0 Å². The van der Waals surface area contributed by atoms with Crippen LogP contribution in [-0.2, 0) is 4.74 Å². The van der Waals surface area contributed by atoms with E-state index in [1.54, 1.807) is 4.90 Å². The zero-order chi connectivity index (χ0) is 16.8. The predicted molar refractivity (Wildman–Crippen MR) is 82.0 cm³/mol. The van der Waals surface area contributed by atoms with Crippen molar-refractivity contribution in [2.24, 2.45) is 5.92 Å². The fraction of sp³-hybridized carbons (Fsp3) is 0.500. The third kappa shape index (κ3) is 4.34. The molecule has 0 aliphatic carbocycles. The number of carbonyl (C=O) groups excluding carboxylic acids is 2. The average molecular weight is 324 g/mol. The molecular weight excluding hydrogens is 303 g/mol. The van der Waals surface area contributed by atoms with Gasteiger partial charge in [-0.25, -0.2) is 9.18 Å². The first kappa shape index (κ1) is 17.1. The van der Waals surface area contributed by atoms with Crippen molar-refractivity contribution in [1.29, 1.82) is 0 Å². The van der Waals surface area contributed by atoms with E-state index in [9.17, 15) is 14.0 Å². The molecule has 1 fully saturated rings. The Kier molecular flexibility index (Phi) is 5.78. The van der Waals surface area contributed by atoms with E-state index in [1.807, 2.05) is 0 Å². The van der Waals surface area contributed by atoms with Crippen molar-refractivity contribution in [2.75, 3.05) is 33.9 Å². The maximum atomic E-state index is 13.6. The molecule has 1 aliphatic heterocycles. The molecular formula is C16H21FN2O4. The molecule has 2 rings (SSSR count). The van der Waals surface area contributed by atoms with Crippen molar-refractivity contribution < 1.29 is 23.5 Å². The molecule has 1 saturated heterocycles. The van der Waals surface area contributed by atoms with Gasteiger partial charge in [0.15, 0.2) is 11.6 Å². The van der Waals surface area contributed by atoms with Crippen LogP contribution in [0, 0.1) is 11.7 Å². The molecule has 23 heavy (non-hydrogen) atoms. The van der Waals surface area contributed by atoms with Crippen molar-refractivity contribution in [3.63, 3.8) is 0 Å². The number of hydrogen-bond acceptors (Lipinski definition) is 4. The summed E-state index contributed by atoms with van der Waals surface area (Å²) in [5.41, 5.74) is 0.260. The van der Waals surface area contributed by atoms with E-state index in [0.717, 1.165) is 18.9 Å². The van der Waals surface area contributed by atoms with Crippen LogP contribution >= 0.6 is 0 Å². The number of carbonyl (C=O) groups is 2. The van der Waals surface area contributed by atoms with E-state index in [4.69, 9.17) is 4.74 Å². The largest absolute Gasteiger partial charge is 0.494 e. The van der Waals surface area contributed by atoms with Crippen LogP contribution in [0.15, 0.2) is 18.2 Å². The molecule has 1 N–H and O–H groups in total. The van der Waals surface area contributed by atoms with E-state index < -0.39 is 5.82 Å². The molecule has 6 nitrogen and oxygen atoms in total. The number of piperidine rings is 1. The number of methoxy groups -OCH3 is 2. The Morgan fingerprint density at radius 2 is 2.00 bits per heavy atom. The molecule has 0 radical (unpaired) electrons. The molecule has 0 saturated carbocycles. The number of amides is 2. The second kappa shape index (κ2) is 7.80. The van der Waals surface area contributed by atoms with Crippen LogP contribution in [0.1, 0.15) is 23.2 Å². The van der Waals surface area contributed by atoms with E-state index in [0.29, 0.717) is 25.6 Å². The fourth-order valence-corrected chi connectivity index (χ4v) is 2.60. The minimum absolute atomic E-state index is 0.108. The number of benzene rings is 1. The summed E-state index contributed by atoms with van der Waals surface area (Å²) in [5, 5.41) is 2.81. The van der Waals surface area contributed by atoms with Crippen molar-refractivity contribution in [3.05, 3.63) is 29.6 Å². The Balaban J connectivity index is 1.81. The number of nitrogens with zero attached hydrogens (tertiary/aromatic N) is 1. The van der Waals surface area contributed by atoms with Crippen molar-refractivity contribution >= 4 is 12.0 Å². The van der Waals surface area contributed by atoms with Crippen LogP contribution < -0.4 is 10.1 Å². The first-order valence-corrected chi connectivity index (χ1v) is 7.49. The van der Waals surface area contributed by atoms with Crippen LogP contribution in [0.25, 0.3) is 0 Å². The molecule has 2 amide bonds. The number of likely N-dealkylation sites (tertiary alicyclic amines) is 1. The molecule has 0 atom stereocenters. The Morgan fingerprint density at radius 3 is 2.57 bits per heavy atom. The molecule has 0 unspecified atom stereocenters. The average Bonchev–Trinajstić information content (AvgIpc) is 2.59. The highest BCUT2D eigenvalue weighted by atomic mass is 19.1. The lowest BCUT2D eigenvalue weighted by molar-refractivity contribution is 0.0914. The van der Waals surface area contributed by atoms with Crippen LogP contribution in [0.4, 0.5) is 9.18 Å². The summed E-state index contributed by atoms with van der Waals surface area (Å²) < 4.78 is 23.1. The summed E-state index contributed by atoms with van der Waals surface area (Å²) in [6.45, 7) is 1.73. The van der Waals surface area contributed by atoms with E-state index in [-0.39, 0.29) is 23.3 Å². The summed E-state index contributed by atoms with van der Waals surface area (Å²) in [6, 6.07) is 4.12. The summed E-state index contributed by atoms with van der Waals surface area (Å²) in [6.07, 6.45) is 1.28. The number of halogens is 1. The number of rotatable bonds is 4. The number of nitrogens with one attached hydrogen (secondary N) is 1. The number of ether oxygens (including phenoxy) is 2. The van der Waals surface area contributed by atoms with Gasteiger partial charge >= 0.3 is 6.09 Å². The summed E-state index contributed by atoms with van der Waals surface area (Å²) >= 11 is 0. The molecule has 0 spiro atoms. The van der Waals surface area contributed by atoms with Gasteiger partial charge in [0.2, 0.25) is 0 Å². The van der Waals surface area contributed by atoms with Crippen molar-refractivity contribution in [3.8, 4) is 5.75 Å². The van der Waals surface area contributed by atoms with Crippen LogP contribution in [0.5, 0.6) is 5.75 Å². The van der Waals surface area contributed by atoms with Crippen LogP contribution in [0.3, 0.4) is 0 Å². The minimum Gasteiger partial charge on any atom is -0.494 e. The van der Waals surface area contributed by atoms with Gasteiger partial charge in [-0.3, -0.25) is 4.79 Å². The monoisotopic (exact) mass is 324 g/mol. The third-order valence-corrected chi connectivity index (χ3v) is 4.01. The normalized spacial score (nSPS) is 15.2. The highest BCUT2D eigenvalue weighted by molar-refractivity contribution is 5.94. The number of hydrogen-bond donors (Lipinski definition) is 1. The summed E-state index contributed by atoms with van der Waals surface area (Å²) in [5.74, 6) is -0.479. The molecule has 1 aliphatic rings. The maximum absolute atomic E-state index is 13.6. The standard InChI is InChI=1S/C16H21FN2O4/c1-22-14-4-3-12(9-13(14)17)15(20)18-10-11-5-7-19(8-6-11)16(21)23-2/h3-4,9,11H,5-8,10H2,1-2H3,(H,18,20).